The Bertz CT molecular complexity index is 743. The molecule has 0 aliphatic carbocycles. The molecule has 1 aromatic heterocycles. The van der Waals surface area contributed by atoms with Crippen LogP contribution in [0.3, 0.4) is 0 Å². The second-order valence-electron chi connectivity index (χ2n) is 6.99. The smallest absolute Gasteiger partial charge is 0.236 e. The maximum atomic E-state index is 12.8. The van der Waals surface area contributed by atoms with Crippen molar-refractivity contribution in [1.29, 1.82) is 0 Å². The van der Waals surface area contributed by atoms with Gasteiger partial charge in [-0.3, -0.25) is 9.69 Å². The van der Waals surface area contributed by atoms with Crippen molar-refractivity contribution in [1.82, 2.24) is 9.80 Å². The molecule has 1 amide bonds. The highest BCUT2D eigenvalue weighted by Gasteiger charge is 2.30. The summed E-state index contributed by atoms with van der Waals surface area (Å²) in [5.74, 6) is 0.263. The first-order chi connectivity index (χ1) is 12.7. The van der Waals surface area contributed by atoms with Crippen LogP contribution in [-0.2, 0) is 4.79 Å². The van der Waals surface area contributed by atoms with E-state index in [1.165, 1.54) is 11.3 Å². The summed E-state index contributed by atoms with van der Waals surface area (Å²) >= 11 is 7.90. The number of thiophene rings is 1. The number of amides is 1. The monoisotopic (exact) mass is 389 g/mol. The number of likely N-dealkylation sites (tertiary alicyclic amines) is 1. The van der Waals surface area contributed by atoms with Crippen LogP contribution in [0.25, 0.3) is 0 Å². The minimum Gasteiger partial charge on any atom is -0.368 e. The summed E-state index contributed by atoms with van der Waals surface area (Å²) in [4.78, 5) is 20.9. The van der Waals surface area contributed by atoms with Crippen molar-refractivity contribution in [2.45, 2.75) is 18.9 Å². The molecule has 0 radical (unpaired) electrons. The molecule has 2 aliphatic rings. The molecule has 0 N–H and O–H groups in total. The first-order valence-corrected chi connectivity index (χ1v) is 10.5. The van der Waals surface area contributed by atoms with E-state index in [0.717, 1.165) is 49.9 Å². The Morgan fingerprint density at radius 2 is 1.96 bits per heavy atom. The Morgan fingerprint density at radius 1 is 1.12 bits per heavy atom. The van der Waals surface area contributed by atoms with Crippen LogP contribution in [0, 0.1) is 0 Å². The van der Waals surface area contributed by atoms with E-state index in [2.05, 4.69) is 33.4 Å². The van der Waals surface area contributed by atoms with Gasteiger partial charge in [-0.25, -0.2) is 0 Å². The zero-order chi connectivity index (χ0) is 17.9. The Hall–Kier alpha value is -1.56. The van der Waals surface area contributed by atoms with Crippen LogP contribution in [-0.4, -0.2) is 55.0 Å². The summed E-state index contributed by atoms with van der Waals surface area (Å²) in [7, 11) is 0. The minimum atomic E-state index is 0.263. The first kappa shape index (κ1) is 17.8. The first-order valence-electron chi connectivity index (χ1n) is 9.26. The van der Waals surface area contributed by atoms with E-state index in [4.69, 9.17) is 11.6 Å². The van der Waals surface area contributed by atoms with Crippen molar-refractivity contribution in [3.63, 3.8) is 0 Å². The number of anilines is 1. The molecule has 1 aromatic carbocycles. The molecule has 0 bridgehead atoms. The van der Waals surface area contributed by atoms with Crippen LogP contribution in [0.4, 0.5) is 5.69 Å². The van der Waals surface area contributed by atoms with Crippen molar-refractivity contribution in [2.75, 3.05) is 44.2 Å². The number of nitrogens with zero attached hydrogens (tertiary/aromatic N) is 3. The zero-order valence-corrected chi connectivity index (χ0v) is 16.4. The highest BCUT2D eigenvalue weighted by atomic mass is 35.5. The highest BCUT2D eigenvalue weighted by Crippen LogP contribution is 2.34. The summed E-state index contributed by atoms with van der Waals surface area (Å²) in [6.07, 6.45) is 2.34. The third kappa shape index (κ3) is 3.90. The lowest BCUT2D eigenvalue weighted by molar-refractivity contribution is -0.133. The van der Waals surface area contributed by atoms with Gasteiger partial charge in [0.2, 0.25) is 5.91 Å². The van der Waals surface area contributed by atoms with Gasteiger partial charge in [0.05, 0.1) is 6.54 Å². The molecular weight excluding hydrogens is 366 g/mol. The largest absolute Gasteiger partial charge is 0.368 e. The number of carbonyl (C=O) groups is 1. The SMILES string of the molecule is O=C(CN1CCCC1c1cccs1)N1CCN(c2cccc(Cl)c2)CC1. The fourth-order valence-electron chi connectivity index (χ4n) is 3.98. The normalized spacial score (nSPS) is 21.3. The fourth-order valence-corrected chi connectivity index (χ4v) is 5.06. The van der Waals surface area contributed by atoms with Gasteiger partial charge >= 0.3 is 0 Å². The molecule has 4 rings (SSSR count). The van der Waals surface area contributed by atoms with Gasteiger partial charge in [-0.05, 0) is 49.0 Å². The molecule has 2 aromatic rings. The molecule has 2 fully saturated rings. The van der Waals surface area contributed by atoms with E-state index >= 15 is 0 Å². The van der Waals surface area contributed by atoms with Crippen LogP contribution in [0.5, 0.6) is 0 Å². The van der Waals surface area contributed by atoms with Gasteiger partial charge < -0.3 is 9.80 Å². The van der Waals surface area contributed by atoms with Gasteiger partial charge in [-0.15, -0.1) is 11.3 Å². The van der Waals surface area contributed by atoms with Crippen molar-refractivity contribution >= 4 is 34.5 Å². The maximum absolute atomic E-state index is 12.8. The third-order valence-electron chi connectivity index (χ3n) is 5.38. The summed E-state index contributed by atoms with van der Waals surface area (Å²) in [6, 6.07) is 12.7. The lowest BCUT2D eigenvalue weighted by Crippen LogP contribution is -2.51. The van der Waals surface area contributed by atoms with E-state index in [1.54, 1.807) is 11.3 Å². The second-order valence-corrected chi connectivity index (χ2v) is 8.41. The third-order valence-corrected chi connectivity index (χ3v) is 6.59. The van der Waals surface area contributed by atoms with Gasteiger partial charge in [0.15, 0.2) is 0 Å². The molecule has 2 aliphatic heterocycles. The highest BCUT2D eigenvalue weighted by molar-refractivity contribution is 7.10. The topological polar surface area (TPSA) is 26.8 Å². The minimum absolute atomic E-state index is 0.263. The summed E-state index contributed by atoms with van der Waals surface area (Å²) < 4.78 is 0. The molecule has 138 valence electrons. The standard InChI is InChI=1S/C20H24ClN3OS/c21-16-4-1-5-17(14-16)22-9-11-23(12-10-22)20(25)15-24-8-2-6-18(24)19-7-3-13-26-19/h1,3-5,7,13-14,18H,2,6,8-12,15H2. The van der Waals surface area contributed by atoms with Crippen molar-refractivity contribution in [2.24, 2.45) is 0 Å². The van der Waals surface area contributed by atoms with Crippen LogP contribution in [0.1, 0.15) is 23.8 Å². The van der Waals surface area contributed by atoms with E-state index in [-0.39, 0.29) is 5.91 Å². The van der Waals surface area contributed by atoms with Gasteiger partial charge in [0, 0.05) is 47.8 Å². The van der Waals surface area contributed by atoms with E-state index in [9.17, 15) is 4.79 Å². The Morgan fingerprint density at radius 3 is 2.69 bits per heavy atom. The molecule has 0 spiro atoms. The molecule has 1 unspecified atom stereocenters. The number of carbonyl (C=O) groups excluding carboxylic acids is 1. The lowest BCUT2D eigenvalue weighted by atomic mass is 10.2. The average molecular weight is 390 g/mol. The fraction of sp³-hybridized carbons (Fsp3) is 0.450. The van der Waals surface area contributed by atoms with Crippen molar-refractivity contribution < 1.29 is 4.79 Å². The Labute approximate surface area is 164 Å². The number of benzene rings is 1. The molecule has 26 heavy (non-hydrogen) atoms. The summed E-state index contributed by atoms with van der Waals surface area (Å²) in [6.45, 7) is 4.85. The molecular formula is C20H24ClN3OS. The van der Waals surface area contributed by atoms with E-state index in [0.29, 0.717) is 12.6 Å². The van der Waals surface area contributed by atoms with Crippen molar-refractivity contribution in [3.8, 4) is 0 Å². The van der Waals surface area contributed by atoms with Crippen LogP contribution < -0.4 is 4.90 Å². The number of halogens is 1. The molecule has 1 atom stereocenters. The molecule has 2 saturated heterocycles. The Balaban J connectivity index is 1.32. The summed E-state index contributed by atoms with van der Waals surface area (Å²) in [5, 5.41) is 2.89. The molecule has 0 saturated carbocycles. The zero-order valence-electron chi connectivity index (χ0n) is 14.8. The van der Waals surface area contributed by atoms with Gasteiger partial charge in [0.1, 0.15) is 0 Å². The van der Waals surface area contributed by atoms with Gasteiger partial charge in [-0.2, -0.15) is 0 Å². The average Bonchev–Trinajstić information content (AvgIpc) is 3.33. The van der Waals surface area contributed by atoms with Crippen LogP contribution in [0.2, 0.25) is 5.02 Å². The lowest BCUT2D eigenvalue weighted by Gasteiger charge is -2.37. The predicted molar refractivity (Wildman–Crippen MR) is 108 cm³/mol. The number of hydrogen-bond donors (Lipinski definition) is 0. The van der Waals surface area contributed by atoms with Crippen LogP contribution in [0.15, 0.2) is 41.8 Å². The van der Waals surface area contributed by atoms with E-state index < -0.39 is 0 Å². The van der Waals surface area contributed by atoms with Gasteiger partial charge in [0.25, 0.3) is 0 Å². The Kier molecular flexibility index (Phi) is 5.48. The second kappa shape index (κ2) is 7.99. The molecule has 4 nitrogen and oxygen atoms in total. The number of rotatable bonds is 4. The molecule has 6 heteroatoms. The van der Waals surface area contributed by atoms with E-state index in [1.807, 2.05) is 23.1 Å². The number of piperazine rings is 1. The quantitative estimate of drug-likeness (QED) is 0.793. The molecule has 3 heterocycles. The predicted octanol–water partition coefficient (Wildman–Crippen LogP) is 3.89. The maximum Gasteiger partial charge on any atom is 0.236 e. The van der Waals surface area contributed by atoms with Crippen molar-refractivity contribution in [3.05, 3.63) is 51.7 Å². The summed E-state index contributed by atoms with van der Waals surface area (Å²) in [5.41, 5.74) is 1.14. The van der Waals surface area contributed by atoms with Gasteiger partial charge in [-0.1, -0.05) is 23.7 Å². The van der Waals surface area contributed by atoms with Crippen LogP contribution >= 0.6 is 22.9 Å². The number of hydrogen-bond acceptors (Lipinski definition) is 4.